The van der Waals surface area contributed by atoms with E-state index < -0.39 is 0 Å². The van der Waals surface area contributed by atoms with Crippen molar-refractivity contribution in [2.24, 2.45) is 0 Å². The van der Waals surface area contributed by atoms with Crippen molar-refractivity contribution in [2.75, 3.05) is 5.32 Å². The van der Waals surface area contributed by atoms with E-state index in [2.05, 4.69) is 5.32 Å². The predicted octanol–water partition coefficient (Wildman–Crippen LogP) is 3.42. The number of hydrogen-bond donors (Lipinski definition) is 1. The number of aryl methyl sites for hydroxylation is 2. The van der Waals surface area contributed by atoms with E-state index in [9.17, 15) is 10.1 Å². The third-order valence-corrected chi connectivity index (χ3v) is 2.82. The number of benzene rings is 1. The van der Waals surface area contributed by atoms with Crippen molar-refractivity contribution in [1.29, 1.82) is 0 Å². The maximum absolute atomic E-state index is 10.9. The van der Waals surface area contributed by atoms with Crippen LogP contribution in [0.15, 0.2) is 12.1 Å². The van der Waals surface area contributed by atoms with Crippen molar-refractivity contribution < 1.29 is 4.92 Å². The summed E-state index contributed by atoms with van der Waals surface area (Å²) in [5.74, 6) is 0. The van der Waals surface area contributed by atoms with Crippen LogP contribution in [0.4, 0.5) is 11.4 Å². The number of nitrogens with zero attached hydrogens (tertiary/aromatic N) is 1. The van der Waals surface area contributed by atoms with Gasteiger partial charge in [0.15, 0.2) is 0 Å². The van der Waals surface area contributed by atoms with Gasteiger partial charge in [0.25, 0.3) is 5.69 Å². The molecule has 1 N–H and O–H groups in total. The SMILES string of the molecule is CCC(C)Nc1cc(C)c(C)cc1[N+](=O)[O-]. The summed E-state index contributed by atoms with van der Waals surface area (Å²) < 4.78 is 0. The summed E-state index contributed by atoms with van der Waals surface area (Å²) in [5, 5.41) is 14.1. The van der Waals surface area contributed by atoms with E-state index in [1.54, 1.807) is 6.07 Å². The molecule has 1 atom stereocenters. The van der Waals surface area contributed by atoms with Gasteiger partial charge in [-0.2, -0.15) is 0 Å². The number of nitrogens with one attached hydrogen (secondary N) is 1. The Kier molecular flexibility index (Phi) is 3.88. The second kappa shape index (κ2) is 4.96. The van der Waals surface area contributed by atoms with Crippen LogP contribution in [0.5, 0.6) is 0 Å². The lowest BCUT2D eigenvalue weighted by Gasteiger charge is -2.14. The number of anilines is 1. The molecular weight excluding hydrogens is 204 g/mol. The minimum atomic E-state index is -0.336. The third kappa shape index (κ3) is 2.72. The van der Waals surface area contributed by atoms with Crippen LogP contribution in [-0.2, 0) is 0 Å². The van der Waals surface area contributed by atoms with Crippen LogP contribution in [0.1, 0.15) is 31.4 Å². The summed E-state index contributed by atoms with van der Waals surface area (Å²) in [4.78, 5) is 10.6. The van der Waals surface area contributed by atoms with E-state index in [0.29, 0.717) is 5.69 Å². The third-order valence-electron chi connectivity index (χ3n) is 2.82. The zero-order chi connectivity index (χ0) is 12.3. The molecule has 0 aliphatic rings. The molecule has 0 saturated heterocycles. The molecular formula is C12H18N2O2. The van der Waals surface area contributed by atoms with Crippen LogP contribution in [-0.4, -0.2) is 11.0 Å². The molecule has 0 radical (unpaired) electrons. The van der Waals surface area contributed by atoms with E-state index in [0.717, 1.165) is 17.5 Å². The second-order valence-electron chi connectivity index (χ2n) is 4.16. The monoisotopic (exact) mass is 222 g/mol. The Labute approximate surface area is 95.8 Å². The van der Waals surface area contributed by atoms with Crippen molar-refractivity contribution in [3.63, 3.8) is 0 Å². The number of nitro groups is 1. The normalized spacial score (nSPS) is 12.2. The molecule has 0 aliphatic carbocycles. The molecule has 0 fully saturated rings. The number of nitro benzene ring substituents is 1. The van der Waals surface area contributed by atoms with Gasteiger partial charge in [0.1, 0.15) is 5.69 Å². The van der Waals surface area contributed by atoms with Crippen LogP contribution in [0.3, 0.4) is 0 Å². The largest absolute Gasteiger partial charge is 0.377 e. The highest BCUT2D eigenvalue weighted by Gasteiger charge is 2.16. The first-order chi connectivity index (χ1) is 7.45. The first-order valence-corrected chi connectivity index (χ1v) is 5.47. The van der Waals surface area contributed by atoms with Crippen molar-refractivity contribution >= 4 is 11.4 Å². The maximum atomic E-state index is 10.9. The van der Waals surface area contributed by atoms with Crippen molar-refractivity contribution in [3.05, 3.63) is 33.4 Å². The fourth-order valence-electron chi connectivity index (χ4n) is 1.44. The minimum Gasteiger partial charge on any atom is -0.377 e. The van der Waals surface area contributed by atoms with Crippen LogP contribution < -0.4 is 5.32 Å². The Morgan fingerprint density at radius 3 is 2.44 bits per heavy atom. The van der Waals surface area contributed by atoms with Gasteiger partial charge in [0.05, 0.1) is 4.92 Å². The molecule has 0 bridgehead atoms. The molecule has 1 unspecified atom stereocenters. The molecule has 0 spiro atoms. The first-order valence-electron chi connectivity index (χ1n) is 5.47. The zero-order valence-corrected chi connectivity index (χ0v) is 10.2. The first kappa shape index (κ1) is 12.5. The highest BCUT2D eigenvalue weighted by molar-refractivity contribution is 5.64. The van der Waals surface area contributed by atoms with E-state index >= 15 is 0 Å². The molecule has 4 nitrogen and oxygen atoms in total. The van der Waals surface area contributed by atoms with Gasteiger partial charge in [-0.3, -0.25) is 10.1 Å². The van der Waals surface area contributed by atoms with E-state index in [4.69, 9.17) is 0 Å². The smallest absolute Gasteiger partial charge is 0.292 e. The van der Waals surface area contributed by atoms with Gasteiger partial charge >= 0.3 is 0 Å². The van der Waals surface area contributed by atoms with Gasteiger partial charge in [0, 0.05) is 12.1 Å². The number of hydrogen-bond acceptors (Lipinski definition) is 3. The molecule has 0 saturated carbocycles. The summed E-state index contributed by atoms with van der Waals surface area (Å²) in [6, 6.07) is 3.71. The molecule has 4 heteroatoms. The molecule has 0 aromatic heterocycles. The van der Waals surface area contributed by atoms with E-state index in [1.165, 1.54) is 0 Å². The van der Waals surface area contributed by atoms with Gasteiger partial charge < -0.3 is 5.32 Å². The van der Waals surface area contributed by atoms with E-state index in [-0.39, 0.29) is 16.7 Å². The van der Waals surface area contributed by atoms with Gasteiger partial charge in [-0.25, -0.2) is 0 Å². The maximum Gasteiger partial charge on any atom is 0.292 e. The minimum absolute atomic E-state index is 0.156. The predicted molar refractivity (Wildman–Crippen MR) is 65.9 cm³/mol. The van der Waals surface area contributed by atoms with Gasteiger partial charge in [-0.05, 0) is 44.4 Å². The molecule has 1 aromatic rings. The lowest BCUT2D eigenvalue weighted by atomic mass is 10.1. The van der Waals surface area contributed by atoms with Gasteiger partial charge in [0.2, 0.25) is 0 Å². The summed E-state index contributed by atoms with van der Waals surface area (Å²) in [7, 11) is 0. The highest BCUT2D eigenvalue weighted by Crippen LogP contribution is 2.28. The summed E-state index contributed by atoms with van der Waals surface area (Å²) >= 11 is 0. The van der Waals surface area contributed by atoms with Crippen LogP contribution >= 0.6 is 0 Å². The molecule has 16 heavy (non-hydrogen) atoms. The second-order valence-corrected chi connectivity index (χ2v) is 4.16. The number of rotatable bonds is 4. The average Bonchev–Trinajstić information content (AvgIpc) is 2.22. The fourth-order valence-corrected chi connectivity index (χ4v) is 1.44. The fraction of sp³-hybridized carbons (Fsp3) is 0.500. The van der Waals surface area contributed by atoms with Crippen molar-refractivity contribution in [1.82, 2.24) is 0 Å². The van der Waals surface area contributed by atoms with Crippen molar-refractivity contribution in [2.45, 2.75) is 40.2 Å². The van der Waals surface area contributed by atoms with Crippen LogP contribution in [0.2, 0.25) is 0 Å². The topological polar surface area (TPSA) is 55.2 Å². The summed E-state index contributed by atoms with van der Waals surface area (Å²) in [6.07, 6.45) is 0.935. The standard InChI is InChI=1S/C12H18N2O2/c1-5-10(4)13-11-6-8(2)9(3)7-12(11)14(15)16/h6-7,10,13H,5H2,1-4H3. The Balaban J connectivity index is 3.14. The Morgan fingerprint density at radius 2 is 1.94 bits per heavy atom. The molecule has 0 amide bonds. The molecule has 1 aromatic carbocycles. The summed E-state index contributed by atoms with van der Waals surface area (Å²) in [6.45, 7) is 7.90. The zero-order valence-electron chi connectivity index (χ0n) is 10.2. The van der Waals surface area contributed by atoms with Crippen LogP contribution in [0, 0.1) is 24.0 Å². The lowest BCUT2D eigenvalue weighted by Crippen LogP contribution is -2.14. The lowest BCUT2D eigenvalue weighted by molar-refractivity contribution is -0.384. The molecule has 0 heterocycles. The van der Waals surface area contributed by atoms with E-state index in [1.807, 2.05) is 33.8 Å². The highest BCUT2D eigenvalue weighted by atomic mass is 16.6. The van der Waals surface area contributed by atoms with Gasteiger partial charge in [-0.15, -0.1) is 0 Å². The van der Waals surface area contributed by atoms with Crippen molar-refractivity contribution in [3.8, 4) is 0 Å². The Morgan fingerprint density at radius 1 is 1.38 bits per heavy atom. The molecule has 0 aliphatic heterocycles. The van der Waals surface area contributed by atoms with Gasteiger partial charge in [-0.1, -0.05) is 6.92 Å². The summed E-state index contributed by atoms with van der Waals surface area (Å²) in [5.41, 5.74) is 2.78. The Bertz CT molecular complexity index is 402. The molecule has 1 rings (SSSR count). The Hall–Kier alpha value is -1.58. The van der Waals surface area contributed by atoms with Crippen LogP contribution in [0.25, 0.3) is 0 Å². The molecule has 88 valence electrons. The quantitative estimate of drug-likeness (QED) is 0.627. The average molecular weight is 222 g/mol.